The number of rotatable bonds is 4. The van der Waals surface area contributed by atoms with Crippen LogP contribution in [0.1, 0.15) is 17.0 Å². The number of benzene rings is 3. The molecule has 2 heterocycles. The summed E-state index contributed by atoms with van der Waals surface area (Å²) >= 11 is 6.30. The van der Waals surface area contributed by atoms with Crippen LogP contribution in [0.2, 0.25) is 5.02 Å². The third-order valence-corrected chi connectivity index (χ3v) is 5.55. The van der Waals surface area contributed by atoms with Gasteiger partial charge in [-0.3, -0.25) is 4.79 Å². The third kappa shape index (κ3) is 2.81. The number of aliphatic hydroxyl groups is 1. The van der Waals surface area contributed by atoms with E-state index in [4.69, 9.17) is 16.0 Å². The lowest BCUT2D eigenvalue weighted by molar-refractivity contribution is -0.134. The van der Waals surface area contributed by atoms with Crippen molar-refractivity contribution in [2.45, 2.75) is 12.1 Å². The van der Waals surface area contributed by atoms with Crippen molar-refractivity contribution in [1.29, 1.82) is 0 Å². The average Bonchev–Trinajstić information content (AvgIpc) is 3.36. The van der Waals surface area contributed by atoms with Crippen LogP contribution in [-0.2, 0) is 16.9 Å². The van der Waals surface area contributed by atoms with E-state index in [1.807, 2.05) is 48.5 Å². The number of amides is 1. The summed E-state index contributed by atoms with van der Waals surface area (Å²) in [5.41, 5.74) is 0.362. The Bertz CT molecular complexity index is 1240. The van der Waals surface area contributed by atoms with Crippen molar-refractivity contribution in [3.63, 3.8) is 0 Å². The Labute approximate surface area is 177 Å². The van der Waals surface area contributed by atoms with Crippen molar-refractivity contribution in [3.8, 4) is 11.5 Å². The molecule has 1 aliphatic rings. The summed E-state index contributed by atoms with van der Waals surface area (Å²) in [4.78, 5) is 14.9. The molecule has 30 heavy (non-hydrogen) atoms. The van der Waals surface area contributed by atoms with Gasteiger partial charge in [0.25, 0.3) is 11.8 Å². The third-order valence-electron chi connectivity index (χ3n) is 5.18. The molecule has 0 bridgehead atoms. The lowest BCUT2D eigenvalue weighted by Gasteiger charge is -2.20. The second kappa shape index (κ2) is 7.09. The Hall–Kier alpha value is -3.48. The Morgan fingerprint density at radius 1 is 0.933 bits per heavy atom. The summed E-state index contributed by atoms with van der Waals surface area (Å²) in [5, 5.41) is 20.1. The van der Waals surface area contributed by atoms with Gasteiger partial charge in [0.05, 0.1) is 12.2 Å². The van der Waals surface area contributed by atoms with Crippen LogP contribution >= 0.6 is 11.6 Å². The number of nitrogens with zero attached hydrogens (tertiary/aromatic N) is 3. The van der Waals surface area contributed by atoms with Crippen LogP contribution < -0.4 is 4.90 Å². The zero-order valence-electron chi connectivity index (χ0n) is 15.7. The number of hydrogen-bond acceptors (Lipinski definition) is 5. The molecule has 0 aliphatic carbocycles. The first-order chi connectivity index (χ1) is 14.6. The van der Waals surface area contributed by atoms with Crippen LogP contribution in [0, 0.1) is 0 Å². The molecule has 6 nitrogen and oxygen atoms in total. The highest BCUT2D eigenvalue weighted by Gasteiger charge is 2.55. The van der Waals surface area contributed by atoms with Gasteiger partial charge in [0.15, 0.2) is 0 Å². The molecule has 3 aromatic carbocycles. The SMILES string of the molecule is O=C1N(Cc2ccccc2Cl)c2ccccc2C1(O)c1nnc(-c2ccccc2)o1. The quantitative estimate of drug-likeness (QED) is 0.539. The minimum absolute atomic E-state index is 0.166. The van der Waals surface area contributed by atoms with Crippen LogP contribution in [0.25, 0.3) is 11.5 Å². The van der Waals surface area contributed by atoms with E-state index in [2.05, 4.69) is 10.2 Å². The second-order valence-electron chi connectivity index (χ2n) is 6.99. The zero-order chi connectivity index (χ0) is 20.7. The van der Waals surface area contributed by atoms with E-state index < -0.39 is 11.5 Å². The van der Waals surface area contributed by atoms with Crippen molar-refractivity contribution >= 4 is 23.2 Å². The molecule has 0 fully saturated rings. The van der Waals surface area contributed by atoms with Crippen molar-refractivity contribution in [3.05, 3.63) is 101 Å². The van der Waals surface area contributed by atoms with Crippen LogP contribution in [0.4, 0.5) is 5.69 Å². The molecule has 4 aromatic rings. The van der Waals surface area contributed by atoms with Gasteiger partial charge in [-0.05, 0) is 29.8 Å². The van der Waals surface area contributed by atoms with Gasteiger partial charge in [-0.2, -0.15) is 0 Å². The van der Waals surface area contributed by atoms with E-state index in [-0.39, 0.29) is 18.3 Å². The van der Waals surface area contributed by atoms with Crippen molar-refractivity contribution < 1.29 is 14.3 Å². The lowest BCUT2D eigenvalue weighted by Crippen LogP contribution is -2.41. The van der Waals surface area contributed by atoms with E-state index in [1.54, 1.807) is 30.3 Å². The molecule has 1 N–H and O–H groups in total. The van der Waals surface area contributed by atoms with E-state index in [0.29, 0.717) is 21.8 Å². The predicted molar refractivity (Wildman–Crippen MR) is 112 cm³/mol. The molecule has 148 valence electrons. The molecule has 1 atom stereocenters. The highest BCUT2D eigenvalue weighted by Crippen LogP contribution is 2.45. The summed E-state index contributed by atoms with van der Waals surface area (Å²) in [5.74, 6) is -0.499. The maximum Gasteiger partial charge on any atom is 0.274 e. The van der Waals surface area contributed by atoms with Gasteiger partial charge in [0.1, 0.15) is 0 Å². The fourth-order valence-corrected chi connectivity index (χ4v) is 3.86. The van der Waals surface area contributed by atoms with Gasteiger partial charge in [-0.25, -0.2) is 0 Å². The summed E-state index contributed by atoms with van der Waals surface area (Å²) in [6.45, 7) is 0.206. The van der Waals surface area contributed by atoms with Gasteiger partial charge in [-0.15, -0.1) is 10.2 Å². The second-order valence-corrected chi connectivity index (χ2v) is 7.40. The summed E-state index contributed by atoms with van der Waals surface area (Å²) in [7, 11) is 0. The largest absolute Gasteiger partial charge is 0.417 e. The number of para-hydroxylation sites is 1. The highest BCUT2D eigenvalue weighted by atomic mass is 35.5. The molecule has 0 saturated carbocycles. The minimum Gasteiger partial charge on any atom is -0.417 e. The van der Waals surface area contributed by atoms with Crippen LogP contribution in [0.3, 0.4) is 0 Å². The summed E-state index contributed by atoms with van der Waals surface area (Å²) in [6.07, 6.45) is 0. The summed E-state index contributed by atoms with van der Waals surface area (Å²) < 4.78 is 5.76. The number of anilines is 1. The van der Waals surface area contributed by atoms with Crippen LogP contribution in [0.5, 0.6) is 0 Å². The number of carbonyl (C=O) groups is 1. The Morgan fingerprint density at radius 2 is 1.63 bits per heavy atom. The van der Waals surface area contributed by atoms with Gasteiger partial charge in [-0.1, -0.05) is 66.2 Å². The first-order valence-electron chi connectivity index (χ1n) is 9.35. The maximum atomic E-state index is 13.5. The van der Waals surface area contributed by atoms with Gasteiger partial charge >= 0.3 is 0 Å². The molecular formula is C23H16ClN3O3. The first-order valence-corrected chi connectivity index (χ1v) is 9.73. The number of carbonyl (C=O) groups excluding carboxylic acids is 1. The van der Waals surface area contributed by atoms with Gasteiger partial charge in [0.2, 0.25) is 11.5 Å². The number of hydrogen-bond donors (Lipinski definition) is 1. The molecule has 1 unspecified atom stereocenters. The molecule has 1 amide bonds. The van der Waals surface area contributed by atoms with E-state index in [0.717, 1.165) is 5.56 Å². The molecule has 1 aliphatic heterocycles. The molecule has 0 spiro atoms. The van der Waals surface area contributed by atoms with E-state index >= 15 is 0 Å². The molecule has 0 radical (unpaired) electrons. The van der Waals surface area contributed by atoms with E-state index in [1.165, 1.54) is 4.90 Å². The molecule has 5 rings (SSSR count). The smallest absolute Gasteiger partial charge is 0.274 e. The van der Waals surface area contributed by atoms with Crippen LogP contribution in [-0.4, -0.2) is 21.2 Å². The number of halogens is 1. The molecule has 7 heteroatoms. The normalized spacial score (nSPS) is 17.9. The minimum atomic E-state index is -2.07. The zero-order valence-corrected chi connectivity index (χ0v) is 16.5. The highest BCUT2D eigenvalue weighted by molar-refractivity contribution is 6.31. The molecular weight excluding hydrogens is 402 g/mol. The van der Waals surface area contributed by atoms with Crippen LogP contribution in [0.15, 0.2) is 83.3 Å². The van der Waals surface area contributed by atoms with Crippen molar-refractivity contribution in [1.82, 2.24) is 10.2 Å². The van der Waals surface area contributed by atoms with Gasteiger partial charge in [0, 0.05) is 16.1 Å². The maximum absolute atomic E-state index is 13.5. The topological polar surface area (TPSA) is 79.5 Å². The first kappa shape index (κ1) is 18.5. The van der Waals surface area contributed by atoms with Gasteiger partial charge < -0.3 is 14.4 Å². The standard InChI is InChI=1S/C23H16ClN3O3/c24-18-12-6-4-10-16(18)14-27-19-13-7-5-11-17(19)23(29,22(27)28)21-26-25-20(30-21)15-8-2-1-3-9-15/h1-13,29H,14H2. The molecule has 0 saturated heterocycles. The Morgan fingerprint density at radius 3 is 2.43 bits per heavy atom. The average molecular weight is 418 g/mol. The number of fused-ring (bicyclic) bond motifs is 1. The Kier molecular flexibility index (Phi) is 4.38. The predicted octanol–water partition coefficient (Wildman–Crippen LogP) is 4.17. The van der Waals surface area contributed by atoms with E-state index in [9.17, 15) is 9.90 Å². The monoisotopic (exact) mass is 417 g/mol. The number of aromatic nitrogens is 2. The lowest BCUT2D eigenvalue weighted by atomic mass is 9.95. The van der Waals surface area contributed by atoms with Crippen molar-refractivity contribution in [2.75, 3.05) is 4.90 Å². The fraction of sp³-hybridized carbons (Fsp3) is 0.0870. The molecule has 1 aromatic heterocycles. The fourth-order valence-electron chi connectivity index (χ4n) is 3.66. The Balaban J connectivity index is 1.58. The summed E-state index contributed by atoms with van der Waals surface area (Å²) in [6, 6.07) is 23.5. The van der Waals surface area contributed by atoms with Crippen molar-refractivity contribution in [2.24, 2.45) is 0 Å².